The Morgan fingerprint density at radius 2 is 1.78 bits per heavy atom. The minimum Gasteiger partial charge on any atom is -0.480 e. The number of hydrogen-bond acceptors (Lipinski definition) is 3. The fourth-order valence-electron chi connectivity index (χ4n) is 2.01. The molecule has 126 valence electrons. The predicted molar refractivity (Wildman–Crippen MR) is 82.8 cm³/mol. The van der Waals surface area contributed by atoms with E-state index < -0.39 is 36.5 Å². The minimum atomic E-state index is -1.63. The van der Waals surface area contributed by atoms with E-state index in [0.29, 0.717) is 5.56 Å². The Bertz CT molecular complexity index is 589. The highest BCUT2D eigenvalue weighted by molar-refractivity contribution is 5.99. The summed E-state index contributed by atoms with van der Waals surface area (Å²) in [6.45, 7) is 3.95. The number of rotatable bonds is 7. The van der Waals surface area contributed by atoms with Gasteiger partial charge in [-0.25, -0.2) is 9.18 Å². The van der Waals surface area contributed by atoms with Crippen LogP contribution in [0.1, 0.15) is 29.8 Å². The maximum absolute atomic E-state index is 12.6. The third-order valence-electron chi connectivity index (χ3n) is 3.39. The molecule has 1 aromatic rings. The van der Waals surface area contributed by atoms with E-state index in [4.69, 9.17) is 5.11 Å². The summed E-state index contributed by atoms with van der Waals surface area (Å²) in [5, 5.41) is 13.5. The number of halogens is 1. The molecule has 0 aromatic heterocycles. The summed E-state index contributed by atoms with van der Waals surface area (Å²) in [5.74, 6) is -2.93. The van der Waals surface area contributed by atoms with E-state index >= 15 is 0 Å². The molecular weight excluding hydrogens is 303 g/mol. The van der Waals surface area contributed by atoms with Crippen LogP contribution >= 0.6 is 0 Å². The van der Waals surface area contributed by atoms with Gasteiger partial charge >= 0.3 is 5.97 Å². The lowest BCUT2D eigenvalue weighted by molar-refractivity contribution is -0.142. The van der Waals surface area contributed by atoms with Crippen molar-refractivity contribution in [3.8, 4) is 0 Å². The summed E-state index contributed by atoms with van der Waals surface area (Å²) < 4.78 is 12.6. The Balaban J connectivity index is 2.87. The predicted octanol–water partition coefficient (Wildman–Crippen LogP) is 1.29. The van der Waals surface area contributed by atoms with Gasteiger partial charge in [0.1, 0.15) is 12.7 Å². The minimum absolute atomic E-state index is 0.294. The number of aliphatic carboxylic acids is 1. The second kappa shape index (κ2) is 8.26. The molecule has 2 unspecified atom stereocenters. The van der Waals surface area contributed by atoms with Crippen molar-refractivity contribution in [2.24, 2.45) is 5.92 Å². The molecule has 0 bridgehead atoms. The van der Waals surface area contributed by atoms with Crippen LogP contribution in [0.15, 0.2) is 24.3 Å². The van der Waals surface area contributed by atoms with Gasteiger partial charge in [-0.1, -0.05) is 32.0 Å². The van der Waals surface area contributed by atoms with Crippen LogP contribution in [0.2, 0.25) is 0 Å². The molecule has 0 fully saturated rings. The van der Waals surface area contributed by atoms with Crippen LogP contribution in [0.5, 0.6) is 0 Å². The average Bonchev–Trinajstić information content (AvgIpc) is 2.49. The SMILES string of the molecule is Cc1ccccc1C(=O)NC(C(=O)NC(CF)C(=O)O)C(C)C. The van der Waals surface area contributed by atoms with E-state index in [9.17, 15) is 18.8 Å². The molecule has 7 heteroatoms. The lowest BCUT2D eigenvalue weighted by Crippen LogP contribution is -2.54. The largest absolute Gasteiger partial charge is 0.480 e. The molecule has 0 aliphatic rings. The third-order valence-corrected chi connectivity index (χ3v) is 3.39. The van der Waals surface area contributed by atoms with Gasteiger partial charge in [-0.15, -0.1) is 0 Å². The maximum atomic E-state index is 12.6. The third kappa shape index (κ3) is 5.05. The highest BCUT2D eigenvalue weighted by Crippen LogP contribution is 2.09. The van der Waals surface area contributed by atoms with Crippen molar-refractivity contribution in [1.82, 2.24) is 10.6 Å². The van der Waals surface area contributed by atoms with Crippen LogP contribution < -0.4 is 10.6 Å². The zero-order chi connectivity index (χ0) is 17.6. The molecule has 23 heavy (non-hydrogen) atoms. The first kappa shape index (κ1) is 18.6. The second-order valence-corrected chi connectivity index (χ2v) is 5.56. The summed E-state index contributed by atoms with van der Waals surface area (Å²) in [7, 11) is 0. The molecule has 2 atom stereocenters. The molecule has 1 aromatic carbocycles. The number of carbonyl (C=O) groups is 3. The quantitative estimate of drug-likeness (QED) is 0.704. The summed E-state index contributed by atoms with van der Waals surface area (Å²) in [4.78, 5) is 35.3. The number of alkyl halides is 1. The number of benzene rings is 1. The fourth-order valence-corrected chi connectivity index (χ4v) is 2.01. The highest BCUT2D eigenvalue weighted by atomic mass is 19.1. The monoisotopic (exact) mass is 324 g/mol. The van der Waals surface area contributed by atoms with Crippen LogP contribution in [0.4, 0.5) is 4.39 Å². The van der Waals surface area contributed by atoms with Gasteiger partial charge in [0.25, 0.3) is 5.91 Å². The molecular formula is C16H21FN2O4. The molecule has 0 saturated heterocycles. The molecule has 0 spiro atoms. The van der Waals surface area contributed by atoms with Gasteiger partial charge < -0.3 is 15.7 Å². The number of carboxylic acids is 1. The molecule has 3 N–H and O–H groups in total. The highest BCUT2D eigenvalue weighted by Gasteiger charge is 2.29. The van der Waals surface area contributed by atoms with Crippen molar-refractivity contribution in [2.45, 2.75) is 32.9 Å². The lowest BCUT2D eigenvalue weighted by Gasteiger charge is -2.23. The van der Waals surface area contributed by atoms with Gasteiger partial charge in [-0.2, -0.15) is 0 Å². The van der Waals surface area contributed by atoms with Gasteiger partial charge in [-0.05, 0) is 24.5 Å². The fraction of sp³-hybridized carbons (Fsp3) is 0.438. The van der Waals surface area contributed by atoms with Crippen molar-refractivity contribution in [2.75, 3.05) is 6.67 Å². The van der Waals surface area contributed by atoms with Crippen molar-refractivity contribution in [3.05, 3.63) is 35.4 Å². The number of amides is 2. The first-order chi connectivity index (χ1) is 10.8. The van der Waals surface area contributed by atoms with Crippen LogP contribution in [-0.4, -0.2) is 41.6 Å². The van der Waals surface area contributed by atoms with E-state index in [1.807, 2.05) is 0 Å². The van der Waals surface area contributed by atoms with E-state index in [-0.39, 0.29) is 5.92 Å². The average molecular weight is 324 g/mol. The Hall–Kier alpha value is -2.44. The summed E-state index contributed by atoms with van der Waals surface area (Å²) in [5.41, 5.74) is 1.17. The Morgan fingerprint density at radius 1 is 1.17 bits per heavy atom. The van der Waals surface area contributed by atoms with Crippen LogP contribution in [-0.2, 0) is 9.59 Å². The second-order valence-electron chi connectivity index (χ2n) is 5.56. The van der Waals surface area contributed by atoms with Gasteiger partial charge in [0, 0.05) is 5.56 Å². The first-order valence-corrected chi connectivity index (χ1v) is 7.23. The smallest absolute Gasteiger partial charge is 0.328 e. The molecule has 0 radical (unpaired) electrons. The molecule has 2 amide bonds. The van der Waals surface area contributed by atoms with Crippen molar-refractivity contribution in [3.63, 3.8) is 0 Å². The van der Waals surface area contributed by atoms with E-state index in [0.717, 1.165) is 5.56 Å². The first-order valence-electron chi connectivity index (χ1n) is 7.23. The van der Waals surface area contributed by atoms with E-state index in [1.165, 1.54) is 0 Å². The normalized spacial score (nSPS) is 13.3. The van der Waals surface area contributed by atoms with Crippen LogP contribution in [0.25, 0.3) is 0 Å². The van der Waals surface area contributed by atoms with Crippen LogP contribution in [0.3, 0.4) is 0 Å². The number of carbonyl (C=O) groups excluding carboxylic acids is 2. The molecule has 6 nitrogen and oxygen atoms in total. The van der Waals surface area contributed by atoms with Crippen molar-refractivity contribution < 1.29 is 23.9 Å². The number of hydrogen-bond donors (Lipinski definition) is 3. The molecule has 0 aliphatic heterocycles. The maximum Gasteiger partial charge on any atom is 0.328 e. The Kier molecular flexibility index (Phi) is 6.68. The number of nitrogens with one attached hydrogen (secondary N) is 2. The molecule has 0 heterocycles. The summed E-state index contributed by atoms with van der Waals surface area (Å²) in [6.07, 6.45) is 0. The molecule has 1 rings (SSSR count). The van der Waals surface area contributed by atoms with Crippen molar-refractivity contribution in [1.29, 1.82) is 0 Å². The zero-order valence-corrected chi connectivity index (χ0v) is 13.3. The summed E-state index contributed by atoms with van der Waals surface area (Å²) >= 11 is 0. The molecule has 0 aliphatic carbocycles. The van der Waals surface area contributed by atoms with Gasteiger partial charge in [0.2, 0.25) is 5.91 Å². The standard InChI is InChI=1S/C16H21FN2O4/c1-9(2)13(15(21)18-12(8-17)16(22)23)19-14(20)11-7-5-4-6-10(11)3/h4-7,9,12-13H,8H2,1-3H3,(H,18,21)(H,19,20)(H,22,23). The Morgan fingerprint density at radius 3 is 2.26 bits per heavy atom. The van der Waals surface area contributed by atoms with Crippen molar-refractivity contribution >= 4 is 17.8 Å². The lowest BCUT2D eigenvalue weighted by atomic mass is 10.0. The summed E-state index contributed by atoms with van der Waals surface area (Å²) in [6, 6.07) is 4.30. The number of carboxylic acid groups (broad SMARTS) is 1. The van der Waals surface area contributed by atoms with E-state index in [1.54, 1.807) is 45.0 Å². The van der Waals surface area contributed by atoms with Gasteiger partial charge in [0.05, 0.1) is 0 Å². The van der Waals surface area contributed by atoms with Gasteiger partial charge in [0.15, 0.2) is 6.04 Å². The topological polar surface area (TPSA) is 95.5 Å². The Labute approximate surface area is 134 Å². The van der Waals surface area contributed by atoms with Crippen LogP contribution in [0, 0.1) is 12.8 Å². The zero-order valence-electron chi connectivity index (χ0n) is 13.3. The number of aryl methyl sites for hydroxylation is 1. The van der Waals surface area contributed by atoms with E-state index in [2.05, 4.69) is 10.6 Å². The van der Waals surface area contributed by atoms with Gasteiger partial charge in [-0.3, -0.25) is 9.59 Å². The molecule has 0 saturated carbocycles.